The molecule has 3 atom stereocenters. The van der Waals surface area contributed by atoms with Gasteiger partial charge in [0.1, 0.15) is 5.82 Å². The standard InChI is InChI=1S/C24H24F6N2O2/c25-23(26,27)16-2-1-15(20(12-16)22-33-7-8-34-22)9-14-10-18-4-5-19(11-14)32(18)21-6-3-17(13-31-21)24(28,29)30/h1-3,6,12-14,18-19,22H,4-5,7-11H2/t14?,18-,19+. The Kier molecular flexibility index (Phi) is 6.00. The van der Waals surface area contributed by atoms with Gasteiger partial charge in [-0.05, 0) is 67.9 Å². The average molecular weight is 486 g/mol. The summed E-state index contributed by atoms with van der Waals surface area (Å²) in [5, 5.41) is 0. The predicted molar refractivity (Wildman–Crippen MR) is 111 cm³/mol. The minimum atomic E-state index is -4.45. The number of pyridine rings is 1. The van der Waals surface area contributed by atoms with Gasteiger partial charge in [-0.25, -0.2) is 4.98 Å². The number of nitrogens with zero attached hydrogens (tertiary/aromatic N) is 2. The van der Waals surface area contributed by atoms with Crippen LogP contribution in [0.15, 0.2) is 36.5 Å². The molecular weight excluding hydrogens is 462 g/mol. The van der Waals surface area contributed by atoms with Crippen molar-refractivity contribution in [2.24, 2.45) is 5.92 Å². The van der Waals surface area contributed by atoms with Crippen molar-refractivity contribution >= 4 is 5.82 Å². The number of halogens is 6. The predicted octanol–water partition coefficient (Wildman–Crippen LogP) is 6.15. The molecule has 3 aliphatic rings. The van der Waals surface area contributed by atoms with Crippen LogP contribution in [0, 0.1) is 5.92 Å². The molecule has 3 saturated heterocycles. The van der Waals surface area contributed by atoms with E-state index in [0.29, 0.717) is 31.0 Å². The van der Waals surface area contributed by atoms with Crippen LogP contribution in [0.2, 0.25) is 0 Å². The second-order valence-electron chi connectivity index (χ2n) is 9.22. The first-order valence-corrected chi connectivity index (χ1v) is 11.3. The number of aromatic nitrogens is 1. The van der Waals surface area contributed by atoms with Crippen molar-refractivity contribution in [3.8, 4) is 0 Å². The molecule has 5 rings (SSSR count). The molecule has 0 amide bonds. The summed E-state index contributed by atoms with van der Waals surface area (Å²) >= 11 is 0. The largest absolute Gasteiger partial charge is 0.417 e. The summed E-state index contributed by atoms with van der Waals surface area (Å²) in [6, 6.07) is 6.52. The monoisotopic (exact) mass is 486 g/mol. The summed E-state index contributed by atoms with van der Waals surface area (Å²) in [4.78, 5) is 6.20. The van der Waals surface area contributed by atoms with Crippen LogP contribution in [0.1, 0.15) is 54.2 Å². The van der Waals surface area contributed by atoms with Gasteiger partial charge in [-0.15, -0.1) is 0 Å². The second-order valence-corrected chi connectivity index (χ2v) is 9.22. The zero-order valence-corrected chi connectivity index (χ0v) is 18.2. The summed E-state index contributed by atoms with van der Waals surface area (Å²) in [6.45, 7) is 0.673. The zero-order chi connectivity index (χ0) is 24.1. The molecule has 2 bridgehead atoms. The van der Waals surface area contributed by atoms with Gasteiger partial charge in [0.15, 0.2) is 6.29 Å². The Balaban J connectivity index is 1.33. The first-order valence-electron chi connectivity index (χ1n) is 11.3. The number of ether oxygens (including phenoxy) is 2. The molecule has 1 aromatic carbocycles. The molecule has 184 valence electrons. The van der Waals surface area contributed by atoms with Crippen LogP contribution in [-0.4, -0.2) is 30.3 Å². The number of hydrogen-bond acceptors (Lipinski definition) is 4. The van der Waals surface area contributed by atoms with Crippen LogP contribution < -0.4 is 4.90 Å². The van der Waals surface area contributed by atoms with E-state index in [1.807, 2.05) is 0 Å². The average Bonchev–Trinajstić information content (AvgIpc) is 3.39. The normalized spacial score (nSPS) is 25.8. The Bertz CT molecular complexity index is 1000. The third kappa shape index (κ3) is 4.62. The number of rotatable bonds is 4. The van der Waals surface area contributed by atoms with Gasteiger partial charge in [0.25, 0.3) is 0 Å². The maximum absolute atomic E-state index is 13.3. The van der Waals surface area contributed by atoms with Crippen molar-refractivity contribution < 1.29 is 35.8 Å². The maximum atomic E-state index is 13.3. The number of benzene rings is 1. The highest BCUT2D eigenvalue weighted by atomic mass is 19.4. The molecule has 1 aromatic heterocycles. The van der Waals surface area contributed by atoms with E-state index >= 15 is 0 Å². The summed E-state index contributed by atoms with van der Waals surface area (Å²) in [7, 11) is 0. The summed E-state index contributed by atoms with van der Waals surface area (Å²) in [6.07, 6.45) is -4.79. The minimum Gasteiger partial charge on any atom is -0.351 e. The second kappa shape index (κ2) is 8.71. The molecule has 3 aliphatic heterocycles. The van der Waals surface area contributed by atoms with Crippen LogP contribution >= 0.6 is 0 Å². The van der Waals surface area contributed by atoms with Crippen LogP contribution in [0.3, 0.4) is 0 Å². The van der Waals surface area contributed by atoms with Crippen LogP contribution in [0.25, 0.3) is 0 Å². The lowest BCUT2D eigenvalue weighted by molar-refractivity contribution is -0.138. The van der Waals surface area contributed by atoms with E-state index in [9.17, 15) is 26.3 Å². The number of piperidine rings is 1. The fraction of sp³-hybridized carbons (Fsp3) is 0.542. The molecule has 10 heteroatoms. The zero-order valence-electron chi connectivity index (χ0n) is 18.2. The van der Waals surface area contributed by atoms with Crippen LogP contribution in [-0.2, 0) is 28.2 Å². The Morgan fingerprint density at radius 3 is 2.03 bits per heavy atom. The topological polar surface area (TPSA) is 34.6 Å². The number of anilines is 1. The first kappa shape index (κ1) is 23.4. The molecule has 0 spiro atoms. The Hall–Kier alpha value is -2.33. The molecule has 2 aromatic rings. The van der Waals surface area contributed by atoms with Crippen molar-refractivity contribution in [1.82, 2.24) is 4.98 Å². The third-order valence-electron chi connectivity index (χ3n) is 7.03. The first-order chi connectivity index (χ1) is 16.1. The molecule has 0 aliphatic carbocycles. The van der Waals surface area contributed by atoms with E-state index in [4.69, 9.17) is 9.47 Å². The Morgan fingerprint density at radius 1 is 0.853 bits per heavy atom. The van der Waals surface area contributed by atoms with Crippen molar-refractivity contribution in [1.29, 1.82) is 0 Å². The highest BCUT2D eigenvalue weighted by Gasteiger charge is 2.42. The molecule has 0 saturated carbocycles. The van der Waals surface area contributed by atoms with Crippen molar-refractivity contribution in [2.75, 3.05) is 18.1 Å². The van der Waals surface area contributed by atoms with E-state index in [-0.39, 0.29) is 18.0 Å². The smallest absolute Gasteiger partial charge is 0.351 e. The van der Waals surface area contributed by atoms with Gasteiger partial charge < -0.3 is 14.4 Å². The lowest BCUT2D eigenvalue weighted by Crippen LogP contribution is -2.44. The minimum absolute atomic E-state index is 0.143. The fourth-order valence-corrected chi connectivity index (χ4v) is 5.56. The van der Waals surface area contributed by atoms with Crippen molar-refractivity contribution in [2.45, 2.75) is 62.8 Å². The van der Waals surface area contributed by atoms with E-state index in [2.05, 4.69) is 9.88 Å². The van der Waals surface area contributed by atoms with Crippen LogP contribution in [0.5, 0.6) is 0 Å². The van der Waals surface area contributed by atoms with Crippen molar-refractivity contribution in [3.05, 3.63) is 58.8 Å². The lowest BCUT2D eigenvalue weighted by atomic mass is 9.84. The van der Waals surface area contributed by atoms with Crippen LogP contribution in [0.4, 0.5) is 32.2 Å². The van der Waals surface area contributed by atoms with E-state index in [0.717, 1.165) is 55.6 Å². The highest BCUT2D eigenvalue weighted by Crippen LogP contribution is 2.43. The van der Waals surface area contributed by atoms with Gasteiger partial charge in [0.2, 0.25) is 0 Å². The van der Waals surface area contributed by atoms with E-state index < -0.39 is 29.8 Å². The Morgan fingerprint density at radius 2 is 1.47 bits per heavy atom. The molecule has 4 heterocycles. The Labute approximate surface area is 192 Å². The van der Waals surface area contributed by atoms with E-state index in [1.54, 1.807) is 0 Å². The molecule has 0 N–H and O–H groups in total. The van der Waals surface area contributed by atoms with E-state index in [1.165, 1.54) is 12.1 Å². The molecule has 3 fully saturated rings. The van der Waals surface area contributed by atoms with Gasteiger partial charge in [-0.3, -0.25) is 0 Å². The highest BCUT2D eigenvalue weighted by molar-refractivity contribution is 5.45. The summed E-state index contributed by atoms with van der Waals surface area (Å²) in [5.74, 6) is 0.780. The maximum Gasteiger partial charge on any atom is 0.417 e. The van der Waals surface area contributed by atoms with Gasteiger partial charge >= 0.3 is 12.4 Å². The summed E-state index contributed by atoms with van der Waals surface area (Å²) < 4.78 is 89.6. The molecule has 4 nitrogen and oxygen atoms in total. The SMILES string of the molecule is FC(F)(F)c1ccc(N2[C@@H]3CC[C@H]2CC(Cc2ccc(C(F)(F)F)cc2C2OCCO2)C3)nc1. The molecule has 0 radical (unpaired) electrons. The van der Waals surface area contributed by atoms with Gasteiger partial charge in [0.05, 0.1) is 24.3 Å². The lowest BCUT2D eigenvalue weighted by Gasteiger charge is -2.40. The van der Waals surface area contributed by atoms with Gasteiger partial charge in [0, 0.05) is 23.8 Å². The van der Waals surface area contributed by atoms with Gasteiger partial charge in [-0.1, -0.05) is 6.07 Å². The quantitative estimate of drug-likeness (QED) is 0.486. The molecule has 1 unspecified atom stereocenters. The fourth-order valence-electron chi connectivity index (χ4n) is 5.56. The van der Waals surface area contributed by atoms with Crippen molar-refractivity contribution in [3.63, 3.8) is 0 Å². The molecule has 34 heavy (non-hydrogen) atoms. The molecular formula is C24H24F6N2O2. The third-order valence-corrected chi connectivity index (χ3v) is 7.03. The summed E-state index contributed by atoms with van der Waals surface area (Å²) in [5.41, 5.74) is -0.296. The number of alkyl halides is 6. The van der Waals surface area contributed by atoms with Gasteiger partial charge in [-0.2, -0.15) is 26.3 Å². The number of fused-ring (bicyclic) bond motifs is 2. The number of hydrogen-bond donors (Lipinski definition) is 0.